The number of urea groups is 1. The summed E-state index contributed by atoms with van der Waals surface area (Å²) in [4.78, 5) is 36.5. The summed E-state index contributed by atoms with van der Waals surface area (Å²) in [6.45, 7) is 7.13. The van der Waals surface area contributed by atoms with Crippen molar-refractivity contribution in [3.8, 4) is 0 Å². The highest BCUT2D eigenvalue weighted by Gasteiger charge is 2.49. The predicted octanol–water partition coefficient (Wildman–Crippen LogP) is 0.622. The van der Waals surface area contributed by atoms with E-state index < -0.39 is 11.6 Å². The lowest BCUT2D eigenvalue weighted by atomic mass is 9.93. The first kappa shape index (κ1) is 14.5. The van der Waals surface area contributed by atoms with Gasteiger partial charge in [0, 0.05) is 6.04 Å². The molecule has 18 heavy (non-hydrogen) atoms. The highest BCUT2D eigenvalue weighted by Crippen LogP contribution is 2.24. The maximum absolute atomic E-state index is 12.2. The second-order valence-corrected chi connectivity index (χ2v) is 4.83. The van der Waals surface area contributed by atoms with E-state index in [1.165, 1.54) is 0 Å². The Hall–Kier alpha value is -1.59. The molecule has 0 unspecified atom stereocenters. The summed E-state index contributed by atoms with van der Waals surface area (Å²) in [6.07, 6.45) is 1.05. The molecule has 0 aliphatic carbocycles. The van der Waals surface area contributed by atoms with Gasteiger partial charge in [0.1, 0.15) is 12.1 Å². The first-order valence-corrected chi connectivity index (χ1v) is 6.29. The second-order valence-electron chi connectivity index (χ2n) is 4.83. The molecule has 1 aliphatic rings. The predicted molar refractivity (Wildman–Crippen MR) is 66.8 cm³/mol. The largest absolute Gasteiger partial charge is 0.352 e. The summed E-state index contributed by atoms with van der Waals surface area (Å²) in [5.74, 6) is -0.632. The van der Waals surface area contributed by atoms with Crippen molar-refractivity contribution in [3.63, 3.8) is 0 Å². The molecule has 0 saturated carbocycles. The molecule has 1 saturated heterocycles. The van der Waals surface area contributed by atoms with Crippen molar-refractivity contribution in [2.24, 2.45) is 0 Å². The average molecular weight is 255 g/mol. The molecule has 4 amide bonds. The van der Waals surface area contributed by atoms with Gasteiger partial charge in [0.05, 0.1) is 0 Å². The van der Waals surface area contributed by atoms with Crippen LogP contribution in [0.3, 0.4) is 0 Å². The number of nitrogens with zero attached hydrogens (tertiary/aromatic N) is 1. The monoisotopic (exact) mass is 255 g/mol. The van der Waals surface area contributed by atoms with Crippen LogP contribution in [0.2, 0.25) is 0 Å². The summed E-state index contributed by atoms with van der Waals surface area (Å²) >= 11 is 0. The van der Waals surface area contributed by atoms with Gasteiger partial charge in [-0.25, -0.2) is 4.79 Å². The van der Waals surface area contributed by atoms with Crippen LogP contribution in [0.15, 0.2) is 0 Å². The third kappa shape index (κ3) is 2.63. The number of hydrogen-bond acceptors (Lipinski definition) is 3. The summed E-state index contributed by atoms with van der Waals surface area (Å²) in [5.41, 5.74) is -0.838. The van der Waals surface area contributed by atoms with Crippen molar-refractivity contribution in [1.82, 2.24) is 15.5 Å². The minimum atomic E-state index is -0.838. The van der Waals surface area contributed by atoms with Gasteiger partial charge in [-0.2, -0.15) is 0 Å². The molecule has 0 aromatic carbocycles. The lowest BCUT2D eigenvalue weighted by molar-refractivity contribution is -0.135. The molecule has 1 aliphatic heterocycles. The molecule has 1 heterocycles. The molecule has 0 radical (unpaired) electrons. The van der Waals surface area contributed by atoms with Gasteiger partial charge in [0.25, 0.3) is 5.91 Å². The zero-order chi connectivity index (χ0) is 13.9. The van der Waals surface area contributed by atoms with Crippen molar-refractivity contribution in [1.29, 1.82) is 0 Å². The number of carbonyl (C=O) groups is 3. The topological polar surface area (TPSA) is 78.5 Å². The van der Waals surface area contributed by atoms with E-state index in [1.807, 2.05) is 27.7 Å². The van der Waals surface area contributed by atoms with Crippen molar-refractivity contribution in [2.45, 2.75) is 52.1 Å². The molecule has 6 heteroatoms. The fourth-order valence-electron chi connectivity index (χ4n) is 2.06. The van der Waals surface area contributed by atoms with Crippen LogP contribution in [0.25, 0.3) is 0 Å². The Morgan fingerprint density at radius 2 is 1.89 bits per heavy atom. The van der Waals surface area contributed by atoms with Crippen LogP contribution in [-0.4, -0.2) is 40.9 Å². The minimum absolute atomic E-state index is 0.0135. The van der Waals surface area contributed by atoms with E-state index in [1.54, 1.807) is 0 Å². The molecule has 6 nitrogen and oxygen atoms in total. The molecule has 0 spiro atoms. The van der Waals surface area contributed by atoms with Gasteiger partial charge in [-0.05, 0) is 26.7 Å². The van der Waals surface area contributed by atoms with Crippen molar-refractivity contribution in [3.05, 3.63) is 0 Å². The smallest absolute Gasteiger partial charge is 0.325 e. The van der Waals surface area contributed by atoms with E-state index in [4.69, 9.17) is 0 Å². The van der Waals surface area contributed by atoms with E-state index in [-0.39, 0.29) is 24.4 Å². The molecule has 0 aromatic rings. The molecular weight excluding hydrogens is 234 g/mol. The van der Waals surface area contributed by atoms with E-state index >= 15 is 0 Å². The summed E-state index contributed by atoms with van der Waals surface area (Å²) in [5, 5.41) is 5.34. The van der Waals surface area contributed by atoms with Gasteiger partial charge in [-0.15, -0.1) is 0 Å². The maximum Gasteiger partial charge on any atom is 0.325 e. The number of carbonyl (C=O) groups excluding carboxylic acids is 3. The Labute approximate surface area is 107 Å². The molecule has 0 bridgehead atoms. The van der Waals surface area contributed by atoms with Crippen LogP contribution in [0.4, 0.5) is 4.79 Å². The molecule has 2 N–H and O–H groups in total. The molecular formula is C12H21N3O3. The Bertz CT molecular complexity index is 362. The van der Waals surface area contributed by atoms with E-state index in [9.17, 15) is 14.4 Å². The van der Waals surface area contributed by atoms with E-state index in [0.29, 0.717) is 12.8 Å². The standard InChI is InChI=1S/C12H21N3O3/c1-5-12(6-2)10(17)15(11(18)14-12)7-9(16)13-8(3)4/h8H,5-7H2,1-4H3,(H,13,16)(H,14,18). The van der Waals surface area contributed by atoms with Gasteiger partial charge in [0.15, 0.2) is 0 Å². The van der Waals surface area contributed by atoms with Crippen LogP contribution in [0, 0.1) is 0 Å². The maximum atomic E-state index is 12.2. The number of rotatable bonds is 5. The number of amides is 4. The first-order chi connectivity index (χ1) is 8.36. The molecule has 0 aromatic heterocycles. The fourth-order valence-corrected chi connectivity index (χ4v) is 2.06. The van der Waals surface area contributed by atoms with Crippen LogP contribution in [-0.2, 0) is 9.59 Å². The number of nitrogens with one attached hydrogen (secondary N) is 2. The van der Waals surface area contributed by atoms with E-state index in [0.717, 1.165) is 4.90 Å². The highest BCUT2D eigenvalue weighted by molar-refractivity contribution is 6.08. The second kappa shape index (κ2) is 5.37. The van der Waals surface area contributed by atoms with Gasteiger partial charge in [-0.3, -0.25) is 14.5 Å². The number of hydrogen-bond donors (Lipinski definition) is 2. The average Bonchev–Trinajstić information content (AvgIpc) is 2.53. The van der Waals surface area contributed by atoms with Crippen LogP contribution in [0.5, 0.6) is 0 Å². The summed E-state index contributed by atoms with van der Waals surface area (Å²) in [7, 11) is 0. The molecule has 0 atom stereocenters. The molecule has 102 valence electrons. The zero-order valence-corrected chi connectivity index (χ0v) is 11.4. The molecule has 1 fully saturated rings. The zero-order valence-electron chi connectivity index (χ0n) is 11.4. The number of imide groups is 1. The fraction of sp³-hybridized carbons (Fsp3) is 0.750. The van der Waals surface area contributed by atoms with Crippen LogP contribution in [0.1, 0.15) is 40.5 Å². The third-order valence-electron chi connectivity index (χ3n) is 3.20. The highest BCUT2D eigenvalue weighted by atomic mass is 16.2. The Kier molecular flexibility index (Phi) is 4.32. The van der Waals surface area contributed by atoms with Crippen molar-refractivity contribution >= 4 is 17.8 Å². The van der Waals surface area contributed by atoms with Gasteiger partial charge >= 0.3 is 6.03 Å². The van der Waals surface area contributed by atoms with Crippen molar-refractivity contribution in [2.75, 3.05) is 6.54 Å². The molecule has 1 rings (SSSR count). The van der Waals surface area contributed by atoms with Gasteiger partial charge in [-0.1, -0.05) is 13.8 Å². The first-order valence-electron chi connectivity index (χ1n) is 6.29. The summed E-state index contributed by atoms with van der Waals surface area (Å²) in [6, 6.07) is -0.497. The summed E-state index contributed by atoms with van der Waals surface area (Å²) < 4.78 is 0. The Morgan fingerprint density at radius 1 is 1.33 bits per heavy atom. The van der Waals surface area contributed by atoms with Crippen LogP contribution >= 0.6 is 0 Å². The van der Waals surface area contributed by atoms with E-state index in [2.05, 4.69) is 10.6 Å². The normalized spacial score (nSPS) is 18.2. The van der Waals surface area contributed by atoms with Gasteiger partial charge in [0.2, 0.25) is 5.91 Å². The lowest BCUT2D eigenvalue weighted by Gasteiger charge is -2.23. The SMILES string of the molecule is CCC1(CC)NC(=O)N(CC(=O)NC(C)C)C1=O. The minimum Gasteiger partial charge on any atom is -0.352 e. The lowest BCUT2D eigenvalue weighted by Crippen LogP contribution is -2.47. The third-order valence-corrected chi connectivity index (χ3v) is 3.20. The van der Waals surface area contributed by atoms with Crippen LogP contribution < -0.4 is 10.6 Å². The van der Waals surface area contributed by atoms with Gasteiger partial charge < -0.3 is 10.6 Å². The Balaban J connectivity index is 2.76. The Morgan fingerprint density at radius 3 is 2.28 bits per heavy atom. The van der Waals surface area contributed by atoms with Crippen molar-refractivity contribution < 1.29 is 14.4 Å². The quantitative estimate of drug-likeness (QED) is 0.707.